The molecule has 0 aliphatic rings. The molecule has 0 spiro atoms. The van der Waals surface area contributed by atoms with Crippen LogP contribution in [0.1, 0.15) is 26.6 Å². The second kappa shape index (κ2) is 9.03. The number of nitrogens with one attached hydrogen (secondary N) is 1. The molecule has 0 saturated carbocycles. The third-order valence-electron chi connectivity index (χ3n) is 5.37. The van der Waals surface area contributed by atoms with Crippen molar-refractivity contribution in [1.82, 2.24) is 14.8 Å². The number of aryl methyl sites for hydroxylation is 1. The number of nitro groups is 1. The second-order valence-corrected chi connectivity index (χ2v) is 8.85. The highest BCUT2D eigenvalue weighted by atomic mass is 32.1. The van der Waals surface area contributed by atoms with Crippen molar-refractivity contribution in [3.8, 4) is 11.1 Å². The molecule has 3 aromatic heterocycles. The maximum Gasteiger partial charge on any atom is 0.433 e. The number of halogens is 3. The topological polar surface area (TPSA) is 146 Å². The lowest BCUT2D eigenvalue weighted by molar-refractivity contribution is -0.385. The molecule has 0 saturated heterocycles. The van der Waals surface area contributed by atoms with Gasteiger partial charge in [-0.1, -0.05) is 29.8 Å². The van der Waals surface area contributed by atoms with Gasteiger partial charge in [-0.05, 0) is 31.0 Å². The van der Waals surface area contributed by atoms with Gasteiger partial charge in [0.15, 0.2) is 0 Å². The minimum atomic E-state index is -4.76. The number of amides is 2. The Labute approximate surface area is 204 Å². The van der Waals surface area contributed by atoms with E-state index in [1.54, 1.807) is 24.3 Å². The number of aromatic nitrogens is 3. The van der Waals surface area contributed by atoms with Crippen molar-refractivity contribution in [2.75, 3.05) is 5.32 Å². The van der Waals surface area contributed by atoms with Gasteiger partial charge in [0.2, 0.25) is 5.91 Å². The summed E-state index contributed by atoms with van der Waals surface area (Å²) in [4.78, 5) is 38.8. The number of carbonyl (C=O) groups excluding carboxylic acids is 2. The van der Waals surface area contributed by atoms with E-state index in [0.29, 0.717) is 16.9 Å². The second-order valence-electron chi connectivity index (χ2n) is 7.85. The highest BCUT2D eigenvalue weighted by Crippen LogP contribution is 2.43. The Morgan fingerprint density at radius 1 is 1.22 bits per heavy atom. The van der Waals surface area contributed by atoms with Gasteiger partial charge in [-0.2, -0.15) is 18.3 Å². The first-order valence-corrected chi connectivity index (χ1v) is 11.1. The lowest BCUT2D eigenvalue weighted by atomic mass is 10.00. The van der Waals surface area contributed by atoms with E-state index in [1.807, 2.05) is 6.92 Å². The summed E-state index contributed by atoms with van der Waals surface area (Å²) in [6, 6.07) is 7.50. The highest BCUT2D eigenvalue weighted by molar-refractivity contribution is 7.21. The molecule has 36 heavy (non-hydrogen) atoms. The number of nitrogens with zero attached hydrogens (tertiary/aromatic N) is 4. The van der Waals surface area contributed by atoms with Gasteiger partial charge in [-0.3, -0.25) is 24.4 Å². The quantitative estimate of drug-likeness (QED) is 0.285. The zero-order chi connectivity index (χ0) is 26.4. The number of thiophene rings is 1. The number of pyridine rings is 1. The lowest BCUT2D eigenvalue weighted by Crippen LogP contribution is -2.22. The average Bonchev–Trinajstić information content (AvgIpc) is 3.34. The smallest absolute Gasteiger partial charge is 0.365 e. The number of nitrogens with two attached hydrogens (primary N) is 1. The summed E-state index contributed by atoms with van der Waals surface area (Å²) in [5.41, 5.74) is 5.43. The van der Waals surface area contributed by atoms with Gasteiger partial charge in [-0.15, -0.1) is 11.3 Å². The van der Waals surface area contributed by atoms with Crippen LogP contribution in [0, 0.1) is 24.0 Å². The molecule has 0 aliphatic carbocycles. The number of alkyl halides is 3. The first-order chi connectivity index (χ1) is 16.9. The number of benzene rings is 1. The molecule has 186 valence electrons. The number of rotatable bonds is 6. The fourth-order valence-corrected chi connectivity index (χ4v) is 4.59. The Morgan fingerprint density at radius 2 is 1.89 bits per heavy atom. The Hall–Kier alpha value is -4.33. The molecule has 10 nitrogen and oxygen atoms in total. The monoisotopic (exact) mass is 518 g/mol. The van der Waals surface area contributed by atoms with Crippen LogP contribution in [-0.4, -0.2) is 31.5 Å². The Balaban J connectivity index is 1.86. The van der Waals surface area contributed by atoms with E-state index in [0.717, 1.165) is 22.5 Å². The molecular formula is C22H17F3N6O4S. The van der Waals surface area contributed by atoms with Crippen molar-refractivity contribution in [3.05, 3.63) is 68.5 Å². The molecule has 0 radical (unpaired) electrons. The molecule has 4 rings (SSSR count). The largest absolute Gasteiger partial charge is 0.433 e. The van der Waals surface area contributed by atoms with E-state index in [1.165, 1.54) is 6.92 Å². The van der Waals surface area contributed by atoms with Crippen molar-refractivity contribution in [2.24, 2.45) is 5.73 Å². The number of fused-ring (bicyclic) bond motifs is 1. The van der Waals surface area contributed by atoms with Crippen LogP contribution < -0.4 is 11.1 Å². The molecule has 0 bridgehead atoms. The van der Waals surface area contributed by atoms with Crippen molar-refractivity contribution in [1.29, 1.82) is 0 Å². The summed E-state index contributed by atoms with van der Waals surface area (Å²) < 4.78 is 41.9. The molecule has 0 aliphatic heterocycles. The zero-order valence-electron chi connectivity index (χ0n) is 18.7. The lowest BCUT2D eigenvalue weighted by Gasteiger charge is -2.13. The van der Waals surface area contributed by atoms with Gasteiger partial charge in [0, 0.05) is 5.39 Å². The van der Waals surface area contributed by atoms with E-state index in [2.05, 4.69) is 15.4 Å². The van der Waals surface area contributed by atoms with Crippen LogP contribution in [0.25, 0.3) is 21.3 Å². The summed E-state index contributed by atoms with van der Waals surface area (Å²) in [5, 5.41) is 17.5. The van der Waals surface area contributed by atoms with E-state index < -0.39 is 35.2 Å². The third-order valence-corrected chi connectivity index (χ3v) is 6.47. The van der Waals surface area contributed by atoms with Crippen molar-refractivity contribution in [3.63, 3.8) is 0 Å². The van der Waals surface area contributed by atoms with Crippen molar-refractivity contribution >= 4 is 44.7 Å². The van der Waals surface area contributed by atoms with Crippen molar-refractivity contribution < 1.29 is 27.7 Å². The van der Waals surface area contributed by atoms with Gasteiger partial charge in [0.1, 0.15) is 33.8 Å². The minimum absolute atomic E-state index is 0.0939. The Kier molecular flexibility index (Phi) is 6.22. The van der Waals surface area contributed by atoms with Gasteiger partial charge in [0.25, 0.3) is 5.91 Å². The van der Waals surface area contributed by atoms with Crippen LogP contribution in [-0.2, 0) is 17.5 Å². The van der Waals surface area contributed by atoms with Crippen LogP contribution in [0.3, 0.4) is 0 Å². The first kappa shape index (κ1) is 24.8. The zero-order valence-corrected chi connectivity index (χ0v) is 19.5. The van der Waals surface area contributed by atoms with E-state index in [-0.39, 0.29) is 37.7 Å². The van der Waals surface area contributed by atoms with E-state index in [9.17, 15) is 32.9 Å². The fraction of sp³-hybridized carbons (Fsp3) is 0.182. The van der Waals surface area contributed by atoms with Crippen LogP contribution in [0.5, 0.6) is 0 Å². The molecule has 0 atom stereocenters. The third kappa shape index (κ3) is 4.62. The maximum absolute atomic E-state index is 13.6. The van der Waals surface area contributed by atoms with Gasteiger partial charge in [-0.25, -0.2) is 4.98 Å². The molecule has 14 heteroatoms. The SMILES string of the molecule is Cc1ccc(-c2cc(C(F)(F)F)nc3sc(C(N)=O)c(NC(=O)Cn4ncc([N+](=O)[O-])c4C)c23)cc1. The standard InChI is InChI=1S/C22H17F3N6O4S/c1-10-3-5-12(6-4-10)13-7-15(22(23,24)25)28-21-17(13)18(19(36-21)20(26)33)29-16(32)9-30-11(2)14(8-27-30)31(34)35/h3-8H,9H2,1-2H3,(H2,26,33)(H,29,32). The molecular weight excluding hydrogens is 501 g/mol. The van der Waals surface area contributed by atoms with E-state index >= 15 is 0 Å². The van der Waals surface area contributed by atoms with Crippen molar-refractivity contribution in [2.45, 2.75) is 26.6 Å². The molecule has 1 aromatic carbocycles. The first-order valence-electron chi connectivity index (χ1n) is 10.2. The number of primary amides is 1. The Morgan fingerprint density at radius 3 is 2.44 bits per heavy atom. The van der Waals surface area contributed by atoms with Crippen LogP contribution in [0.15, 0.2) is 36.5 Å². The van der Waals surface area contributed by atoms with Crippen LogP contribution >= 0.6 is 11.3 Å². The molecule has 0 fully saturated rings. The molecule has 0 unspecified atom stereocenters. The average molecular weight is 518 g/mol. The molecule has 3 heterocycles. The number of hydrogen-bond donors (Lipinski definition) is 2. The number of carbonyl (C=O) groups is 2. The normalized spacial score (nSPS) is 11.6. The van der Waals surface area contributed by atoms with Gasteiger partial charge >= 0.3 is 11.9 Å². The summed E-state index contributed by atoms with van der Waals surface area (Å²) in [6.45, 7) is 2.77. The number of hydrogen-bond acceptors (Lipinski definition) is 7. The van der Waals surface area contributed by atoms with E-state index in [4.69, 9.17) is 5.73 Å². The number of anilines is 1. The minimum Gasteiger partial charge on any atom is -0.365 e. The summed E-state index contributed by atoms with van der Waals surface area (Å²) in [5.74, 6) is -1.70. The molecule has 3 N–H and O–H groups in total. The van der Waals surface area contributed by atoms with Gasteiger partial charge < -0.3 is 11.1 Å². The fourth-order valence-electron chi connectivity index (χ4n) is 3.59. The summed E-state index contributed by atoms with van der Waals surface area (Å²) in [7, 11) is 0. The summed E-state index contributed by atoms with van der Waals surface area (Å²) in [6.07, 6.45) is -3.77. The molecule has 4 aromatic rings. The van der Waals surface area contributed by atoms with Gasteiger partial charge in [0.05, 0.1) is 10.6 Å². The maximum atomic E-state index is 13.6. The predicted octanol–water partition coefficient (Wildman–Crippen LogP) is 4.44. The Bertz CT molecular complexity index is 1530. The predicted molar refractivity (Wildman–Crippen MR) is 126 cm³/mol. The summed E-state index contributed by atoms with van der Waals surface area (Å²) >= 11 is 0.622. The highest BCUT2D eigenvalue weighted by Gasteiger charge is 2.35. The van der Waals surface area contributed by atoms with Crippen LogP contribution in [0.4, 0.5) is 24.5 Å². The van der Waals surface area contributed by atoms with Crippen LogP contribution in [0.2, 0.25) is 0 Å². The molecule has 2 amide bonds.